The Labute approximate surface area is 155 Å². The fourth-order valence-electron chi connectivity index (χ4n) is 3.45. The van der Waals surface area contributed by atoms with E-state index in [0.29, 0.717) is 11.3 Å². The molecular formula is C20H18N4O3. The summed E-state index contributed by atoms with van der Waals surface area (Å²) in [6, 6.07) is 14.2. The molecule has 3 aromatic rings. The minimum absolute atomic E-state index is 0.00479. The quantitative estimate of drug-likeness (QED) is 0.567. The minimum atomic E-state index is -0.451. The number of nitro groups is 1. The summed E-state index contributed by atoms with van der Waals surface area (Å²) >= 11 is 0. The fraction of sp³-hybridized carbons (Fsp3) is 0.200. The average Bonchev–Trinajstić information content (AvgIpc) is 3.19. The van der Waals surface area contributed by atoms with Crippen molar-refractivity contribution in [2.24, 2.45) is 0 Å². The van der Waals surface area contributed by atoms with Crippen molar-refractivity contribution in [1.29, 1.82) is 0 Å². The van der Waals surface area contributed by atoms with Gasteiger partial charge in [-0.25, -0.2) is 4.68 Å². The molecule has 0 bridgehead atoms. The number of fused-ring (bicyclic) bond motifs is 1. The van der Waals surface area contributed by atoms with Crippen LogP contribution in [0.4, 0.5) is 5.69 Å². The first-order chi connectivity index (χ1) is 13.1. The molecule has 0 aliphatic heterocycles. The molecule has 1 aliphatic rings. The molecule has 136 valence electrons. The highest BCUT2D eigenvalue weighted by atomic mass is 16.6. The number of hydrogen-bond donors (Lipinski definition) is 1. The fourth-order valence-corrected chi connectivity index (χ4v) is 3.45. The third-order valence-corrected chi connectivity index (χ3v) is 4.84. The summed E-state index contributed by atoms with van der Waals surface area (Å²) < 4.78 is 1.54. The summed E-state index contributed by atoms with van der Waals surface area (Å²) in [5, 5.41) is 18.1. The van der Waals surface area contributed by atoms with Crippen LogP contribution in [0.3, 0.4) is 0 Å². The van der Waals surface area contributed by atoms with Gasteiger partial charge in [-0.1, -0.05) is 24.3 Å². The van der Waals surface area contributed by atoms with Crippen molar-refractivity contribution < 1.29 is 9.72 Å². The van der Waals surface area contributed by atoms with Crippen molar-refractivity contribution in [3.8, 4) is 5.69 Å². The smallest absolute Gasteiger partial charge is 0.269 e. The molecule has 0 saturated heterocycles. The number of carbonyl (C=O) groups excluding carboxylic acids is 1. The molecule has 1 heterocycles. The third kappa shape index (κ3) is 3.44. The van der Waals surface area contributed by atoms with E-state index < -0.39 is 4.92 Å². The summed E-state index contributed by atoms with van der Waals surface area (Å²) in [6.07, 6.45) is 6.14. The Hall–Kier alpha value is -3.48. The van der Waals surface area contributed by atoms with Crippen molar-refractivity contribution in [3.05, 3.63) is 87.7 Å². The number of aryl methyl sites for hydroxylation is 1. The molecule has 0 spiro atoms. The zero-order valence-corrected chi connectivity index (χ0v) is 14.5. The Kier molecular flexibility index (Phi) is 4.42. The second kappa shape index (κ2) is 7.03. The van der Waals surface area contributed by atoms with E-state index in [4.69, 9.17) is 0 Å². The number of carbonyl (C=O) groups is 1. The Balaban J connectivity index is 1.50. The second-order valence-corrected chi connectivity index (χ2v) is 6.56. The van der Waals surface area contributed by atoms with E-state index in [9.17, 15) is 14.9 Å². The van der Waals surface area contributed by atoms with Crippen LogP contribution in [0.25, 0.3) is 5.69 Å². The first-order valence-corrected chi connectivity index (χ1v) is 8.80. The summed E-state index contributed by atoms with van der Waals surface area (Å²) in [6.45, 7) is 0. The molecule has 2 aromatic carbocycles. The lowest BCUT2D eigenvalue weighted by molar-refractivity contribution is -0.384. The van der Waals surface area contributed by atoms with Crippen LogP contribution < -0.4 is 5.32 Å². The highest BCUT2D eigenvalue weighted by molar-refractivity contribution is 5.94. The molecule has 27 heavy (non-hydrogen) atoms. The Morgan fingerprint density at radius 2 is 1.96 bits per heavy atom. The number of rotatable bonds is 4. The van der Waals surface area contributed by atoms with Crippen LogP contribution >= 0.6 is 0 Å². The zero-order chi connectivity index (χ0) is 18.8. The van der Waals surface area contributed by atoms with Crippen molar-refractivity contribution in [2.75, 3.05) is 0 Å². The van der Waals surface area contributed by atoms with Gasteiger partial charge in [0.25, 0.3) is 11.6 Å². The van der Waals surface area contributed by atoms with Gasteiger partial charge < -0.3 is 5.32 Å². The van der Waals surface area contributed by atoms with Crippen molar-refractivity contribution in [2.45, 2.75) is 25.3 Å². The first kappa shape index (κ1) is 17.0. The van der Waals surface area contributed by atoms with Gasteiger partial charge in [0.1, 0.15) is 0 Å². The number of nitro benzene ring substituents is 1. The molecule has 0 radical (unpaired) electrons. The van der Waals surface area contributed by atoms with E-state index in [1.807, 2.05) is 12.1 Å². The SMILES string of the molecule is O=C(NC1CCCc2ccccc21)c1cnn(-c2ccc([N+](=O)[O-])cc2)c1. The number of non-ortho nitro benzene ring substituents is 1. The lowest BCUT2D eigenvalue weighted by Gasteiger charge is -2.26. The monoisotopic (exact) mass is 362 g/mol. The lowest BCUT2D eigenvalue weighted by atomic mass is 9.87. The summed E-state index contributed by atoms with van der Waals surface area (Å²) in [5.41, 5.74) is 3.59. The Morgan fingerprint density at radius 3 is 2.74 bits per heavy atom. The standard InChI is InChI=1S/C20H18N4O3/c25-20(22-19-7-3-5-14-4-1-2-6-18(14)19)15-12-21-23(13-15)16-8-10-17(11-9-16)24(26)27/h1-2,4,6,8-13,19H,3,5,7H2,(H,22,25). The largest absolute Gasteiger partial charge is 0.345 e. The summed E-state index contributed by atoms with van der Waals surface area (Å²) in [4.78, 5) is 23.0. The van der Waals surface area contributed by atoms with Gasteiger partial charge in [-0.15, -0.1) is 0 Å². The normalized spacial score (nSPS) is 15.8. The molecule has 1 amide bonds. The number of amides is 1. The predicted octanol–water partition coefficient (Wildman–Crippen LogP) is 3.59. The molecule has 1 atom stereocenters. The number of hydrogen-bond acceptors (Lipinski definition) is 4. The van der Waals surface area contributed by atoms with E-state index >= 15 is 0 Å². The van der Waals surface area contributed by atoms with Gasteiger partial charge in [0.15, 0.2) is 0 Å². The summed E-state index contributed by atoms with van der Waals surface area (Å²) in [5.74, 6) is -0.176. The van der Waals surface area contributed by atoms with Crippen LogP contribution in [0.2, 0.25) is 0 Å². The van der Waals surface area contributed by atoms with Crippen LogP contribution in [-0.4, -0.2) is 20.6 Å². The van der Waals surface area contributed by atoms with Gasteiger partial charge in [-0.05, 0) is 42.5 Å². The maximum Gasteiger partial charge on any atom is 0.269 e. The maximum atomic E-state index is 12.7. The van der Waals surface area contributed by atoms with Crippen molar-refractivity contribution >= 4 is 11.6 Å². The highest BCUT2D eigenvalue weighted by Crippen LogP contribution is 2.29. The van der Waals surface area contributed by atoms with Gasteiger partial charge in [-0.3, -0.25) is 14.9 Å². The topological polar surface area (TPSA) is 90.1 Å². The molecule has 1 aliphatic carbocycles. The average molecular weight is 362 g/mol. The molecule has 7 nitrogen and oxygen atoms in total. The highest BCUT2D eigenvalue weighted by Gasteiger charge is 2.22. The van der Waals surface area contributed by atoms with Gasteiger partial charge in [0.05, 0.1) is 28.4 Å². The minimum Gasteiger partial charge on any atom is -0.345 e. The van der Waals surface area contributed by atoms with Crippen molar-refractivity contribution in [3.63, 3.8) is 0 Å². The van der Waals surface area contributed by atoms with Crippen LogP contribution in [0.5, 0.6) is 0 Å². The van der Waals surface area contributed by atoms with E-state index in [-0.39, 0.29) is 17.6 Å². The lowest BCUT2D eigenvalue weighted by Crippen LogP contribution is -2.30. The second-order valence-electron chi connectivity index (χ2n) is 6.56. The number of aromatic nitrogens is 2. The molecular weight excluding hydrogens is 344 g/mol. The van der Waals surface area contributed by atoms with Crippen LogP contribution in [0.1, 0.15) is 40.4 Å². The molecule has 1 N–H and O–H groups in total. The van der Waals surface area contributed by atoms with Gasteiger partial charge in [-0.2, -0.15) is 5.10 Å². The van der Waals surface area contributed by atoms with E-state index in [1.54, 1.807) is 18.3 Å². The van der Waals surface area contributed by atoms with E-state index in [1.165, 1.54) is 34.1 Å². The Morgan fingerprint density at radius 1 is 1.19 bits per heavy atom. The number of nitrogens with zero attached hydrogens (tertiary/aromatic N) is 3. The van der Waals surface area contributed by atoms with Gasteiger partial charge in [0, 0.05) is 18.3 Å². The maximum absolute atomic E-state index is 12.7. The molecule has 4 rings (SSSR count). The van der Waals surface area contributed by atoms with Crippen molar-refractivity contribution in [1.82, 2.24) is 15.1 Å². The molecule has 0 fully saturated rings. The molecule has 0 saturated carbocycles. The summed E-state index contributed by atoms with van der Waals surface area (Å²) in [7, 11) is 0. The predicted molar refractivity (Wildman–Crippen MR) is 99.8 cm³/mol. The molecule has 7 heteroatoms. The molecule has 1 unspecified atom stereocenters. The van der Waals surface area contributed by atoms with E-state index in [2.05, 4.69) is 22.5 Å². The van der Waals surface area contributed by atoms with Gasteiger partial charge >= 0.3 is 0 Å². The van der Waals surface area contributed by atoms with E-state index in [0.717, 1.165) is 19.3 Å². The van der Waals surface area contributed by atoms with Crippen LogP contribution in [-0.2, 0) is 6.42 Å². The zero-order valence-electron chi connectivity index (χ0n) is 14.5. The number of nitrogens with one attached hydrogen (secondary N) is 1. The first-order valence-electron chi connectivity index (χ1n) is 8.80. The molecule has 1 aromatic heterocycles. The third-order valence-electron chi connectivity index (χ3n) is 4.84. The van der Waals surface area contributed by atoms with Gasteiger partial charge in [0.2, 0.25) is 0 Å². The van der Waals surface area contributed by atoms with Crippen LogP contribution in [0.15, 0.2) is 60.9 Å². The number of benzene rings is 2. The van der Waals surface area contributed by atoms with Crippen LogP contribution in [0, 0.1) is 10.1 Å². The Bertz CT molecular complexity index is 994.